The van der Waals surface area contributed by atoms with Gasteiger partial charge in [-0.2, -0.15) is 0 Å². The number of anilines is 1. The molecule has 0 aliphatic heterocycles. The van der Waals surface area contributed by atoms with Crippen molar-refractivity contribution in [2.24, 2.45) is 0 Å². The highest BCUT2D eigenvalue weighted by molar-refractivity contribution is 7.92. The first-order valence-corrected chi connectivity index (χ1v) is 15.0. The molecule has 0 saturated heterocycles. The number of ether oxygens (including phenoxy) is 1. The van der Waals surface area contributed by atoms with E-state index in [-0.39, 0.29) is 29.1 Å². The summed E-state index contributed by atoms with van der Waals surface area (Å²) in [5.41, 5.74) is 0.980. The van der Waals surface area contributed by atoms with Gasteiger partial charge in [0.25, 0.3) is 10.0 Å². The molecule has 3 rings (SSSR count). The van der Waals surface area contributed by atoms with Crippen LogP contribution in [0.4, 0.5) is 5.69 Å². The molecule has 1 N–H and O–H groups in total. The van der Waals surface area contributed by atoms with Crippen LogP contribution in [0.5, 0.6) is 5.75 Å². The molecule has 0 fully saturated rings. The lowest BCUT2D eigenvalue weighted by atomic mass is 10.1. The minimum Gasteiger partial charge on any atom is -0.492 e. The van der Waals surface area contributed by atoms with Crippen LogP contribution in [0.2, 0.25) is 5.02 Å². The average Bonchev–Trinajstić information content (AvgIpc) is 2.93. The number of para-hydroxylation sites is 2. The van der Waals surface area contributed by atoms with E-state index in [4.69, 9.17) is 16.3 Å². The van der Waals surface area contributed by atoms with Crippen LogP contribution in [-0.4, -0.2) is 50.4 Å². The maximum absolute atomic E-state index is 14.1. The number of amides is 2. The van der Waals surface area contributed by atoms with E-state index in [1.54, 1.807) is 73.7 Å². The molecule has 8 nitrogen and oxygen atoms in total. The molecule has 40 heavy (non-hydrogen) atoms. The molecule has 0 aliphatic carbocycles. The van der Waals surface area contributed by atoms with Gasteiger partial charge in [-0.25, -0.2) is 8.42 Å². The normalized spacial score (nSPS) is 12.1. The van der Waals surface area contributed by atoms with E-state index in [1.807, 2.05) is 20.8 Å². The number of benzene rings is 3. The van der Waals surface area contributed by atoms with E-state index < -0.39 is 28.5 Å². The third-order valence-electron chi connectivity index (χ3n) is 6.13. The van der Waals surface area contributed by atoms with Crippen molar-refractivity contribution >= 4 is 39.1 Å². The topological polar surface area (TPSA) is 96.0 Å². The van der Waals surface area contributed by atoms with Gasteiger partial charge in [-0.15, -0.1) is 0 Å². The summed E-state index contributed by atoms with van der Waals surface area (Å²) in [4.78, 5) is 28.8. The third kappa shape index (κ3) is 7.76. The number of sulfonamides is 1. The molecule has 3 aromatic rings. The maximum Gasteiger partial charge on any atom is 0.264 e. The number of hydrogen-bond acceptors (Lipinski definition) is 5. The van der Waals surface area contributed by atoms with Crippen molar-refractivity contribution in [3.63, 3.8) is 0 Å². The number of rotatable bonds is 13. The van der Waals surface area contributed by atoms with Crippen molar-refractivity contribution in [2.45, 2.75) is 57.6 Å². The Morgan fingerprint density at radius 1 is 0.925 bits per heavy atom. The van der Waals surface area contributed by atoms with E-state index in [0.29, 0.717) is 23.8 Å². The predicted octanol–water partition coefficient (Wildman–Crippen LogP) is 5.27. The molecule has 214 valence electrons. The lowest BCUT2D eigenvalue weighted by Crippen LogP contribution is -2.53. The monoisotopic (exact) mass is 585 g/mol. The van der Waals surface area contributed by atoms with Gasteiger partial charge in [0.1, 0.15) is 18.3 Å². The first-order valence-electron chi connectivity index (χ1n) is 13.2. The SMILES string of the molecule is CCOc1ccccc1N(CC(=O)N(Cc1ccc(Cl)cc1)[C@H](CC)C(=O)NC(C)C)S(=O)(=O)c1ccccc1. The minimum atomic E-state index is -4.19. The van der Waals surface area contributed by atoms with Gasteiger partial charge < -0.3 is 15.0 Å². The Balaban J connectivity index is 2.09. The zero-order chi connectivity index (χ0) is 29.3. The molecule has 0 aromatic heterocycles. The van der Waals surface area contributed by atoms with E-state index in [1.165, 1.54) is 17.0 Å². The van der Waals surface area contributed by atoms with Gasteiger partial charge in [-0.3, -0.25) is 13.9 Å². The minimum absolute atomic E-state index is 0.0305. The summed E-state index contributed by atoms with van der Waals surface area (Å²) in [6.07, 6.45) is 0.332. The maximum atomic E-state index is 14.1. The van der Waals surface area contributed by atoms with Gasteiger partial charge in [0.05, 0.1) is 17.2 Å². The van der Waals surface area contributed by atoms with Gasteiger partial charge in [0.2, 0.25) is 11.8 Å². The van der Waals surface area contributed by atoms with E-state index >= 15 is 0 Å². The van der Waals surface area contributed by atoms with Crippen LogP contribution in [0.1, 0.15) is 39.7 Å². The number of halogens is 1. The van der Waals surface area contributed by atoms with Crippen molar-refractivity contribution in [1.82, 2.24) is 10.2 Å². The zero-order valence-electron chi connectivity index (χ0n) is 23.2. The quantitative estimate of drug-likeness (QED) is 0.295. The van der Waals surface area contributed by atoms with Crippen molar-refractivity contribution in [1.29, 1.82) is 0 Å². The van der Waals surface area contributed by atoms with Crippen molar-refractivity contribution in [2.75, 3.05) is 17.5 Å². The summed E-state index contributed by atoms with van der Waals surface area (Å²) < 4.78 is 34.7. The second-order valence-corrected chi connectivity index (χ2v) is 11.8. The van der Waals surface area contributed by atoms with Gasteiger partial charge in [0, 0.05) is 17.6 Å². The van der Waals surface area contributed by atoms with Crippen molar-refractivity contribution < 1.29 is 22.7 Å². The second-order valence-electron chi connectivity index (χ2n) is 9.46. The summed E-state index contributed by atoms with van der Waals surface area (Å²) in [6, 6.07) is 20.6. The molecule has 0 unspecified atom stereocenters. The van der Waals surface area contributed by atoms with Crippen LogP contribution >= 0.6 is 11.6 Å². The molecule has 0 saturated carbocycles. The number of carbonyl (C=O) groups excluding carboxylic acids is 2. The molecule has 0 bridgehead atoms. The molecule has 10 heteroatoms. The predicted molar refractivity (Wildman–Crippen MR) is 158 cm³/mol. The Labute approximate surface area is 241 Å². The molecular weight excluding hydrogens is 550 g/mol. The molecule has 1 atom stereocenters. The summed E-state index contributed by atoms with van der Waals surface area (Å²) in [5, 5.41) is 3.43. The fraction of sp³-hybridized carbons (Fsp3) is 0.333. The molecule has 2 amide bonds. The first kappa shape index (κ1) is 31.0. The molecule has 0 spiro atoms. The van der Waals surface area contributed by atoms with Crippen LogP contribution in [0.15, 0.2) is 83.8 Å². The highest BCUT2D eigenvalue weighted by atomic mass is 35.5. The highest BCUT2D eigenvalue weighted by Gasteiger charge is 2.34. The van der Waals surface area contributed by atoms with Gasteiger partial charge in [-0.05, 0) is 69.2 Å². The smallest absolute Gasteiger partial charge is 0.264 e. The first-order chi connectivity index (χ1) is 19.1. The fourth-order valence-corrected chi connectivity index (χ4v) is 5.83. The van der Waals surface area contributed by atoms with Crippen LogP contribution in [-0.2, 0) is 26.2 Å². The molecular formula is C30H36ClN3O5S. The molecule has 3 aromatic carbocycles. The van der Waals surface area contributed by atoms with E-state index in [0.717, 1.165) is 9.87 Å². The Morgan fingerprint density at radius 2 is 1.55 bits per heavy atom. The summed E-state index contributed by atoms with van der Waals surface area (Å²) >= 11 is 6.06. The Bertz CT molecular complexity index is 1380. The van der Waals surface area contributed by atoms with Crippen molar-refractivity contribution in [3.8, 4) is 5.75 Å². The van der Waals surface area contributed by atoms with Crippen LogP contribution in [0.25, 0.3) is 0 Å². The second kappa shape index (κ2) is 14.2. The summed E-state index contributed by atoms with van der Waals surface area (Å²) in [5.74, 6) is -0.523. The number of hydrogen-bond donors (Lipinski definition) is 1. The van der Waals surface area contributed by atoms with Crippen LogP contribution in [0.3, 0.4) is 0 Å². The van der Waals surface area contributed by atoms with Gasteiger partial charge in [0.15, 0.2) is 0 Å². The largest absolute Gasteiger partial charge is 0.492 e. The standard InChI is InChI=1S/C30H36ClN3O5S/c1-5-26(30(36)32-22(3)4)33(20-23-16-18-24(31)19-17-23)29(35)21-34(27-14-10-11-15-28(27)39-6-2)40(37,38)25-12-8-7-9-13-25/h7-19,22,26H,5-6,20-21H2,1-4H3,(H,32,36)/t26-/m1/s1. The van der Waals surface area contributed by atoms with Crippen LogP contribution < -0.4 is 14.4 Å². The number of nitrogens with one attached hydrogen (secondary N) is 1. The van der Waals surface area contributed by atoms with Crippen molar-refractivity contribution in [3.05, 3.63) is 89.4 Å². The van der Waals surface area contributed by atoms with Gasteiger partial charge >= 0.3 is 0 Å². The van der Waals surface area contributed by atoms with E-state index in [2.05, 4.69) is 5.32 Å². The Morgan fingerprint density at radius 3 is 2.15 bits per heavy atom. The Hall–Kier alpha value is -3.56. The highest BCUT2D eigenvalue weighted by Crippen LogP contribution is 2.33. The van der Waals surface area contributed by atoms with Gasteiger partial charge in [-0.1, -0.05) is 61.0 Å². The number of nitrogens with zero attached hydrogens (tertiary/aromatic N) is 2. The molecule has 0 radical (unpaired) electrons. The average molecular weight is 586 g/mol. The zero-order valence-corrected chi connectivity index (χ0v) is 24.8. The van der Waals surface area contributed by atoms with Crippen LogP contribution in [0, 0.1) is 0 Å². The molecule has 0 heterocycles. The third-order valence-corrected chi connectivity index (χ3v) is 8.15. The molecule has 0 aliphatic rings. The summed E-state index contributed by atoms with van der Waals surface area (Å²) in [7, 11) is -4.19. The summed E-state index contributed by atoms with van der Waals surface area (Å²) in [6.45, 7) is 7.15. The number of carbonyl (C=O) groups is 2. The van der Waals surface area contributed by atoms with E-state index in [9.17, 15) is 18.0 Å². The Kier molecular flexibility index (Phi) is 11.0. The fourth-order valence-electron chi connectivity index (χ4n) is 4.26. The lowest BCUT2D eigenvalue weighted by molar-refractivity contribution is -0.140. The lowest BCUT2D eigenvalue weighted by Gasteiger charge is -2.34.